The van der Waals surface area contributed by atoms with Crippen molar-refractivity contribution in [1.82, 2.24) is 0 Å². The van der Waals surface area contributed by atoms with Crippen LogP contribution in [0.1, 0.15) is 78.1 Å². The van der Waals surface area contributed by atoms with Crippen LogP contribution < -0.4 is 0 Å². The summed E-state index contributed by atoms with van der Waals surface area (Å²) in [5.41, 5.74) is 1.96. The quantitative estimate of drug-likeness (QED) is 0.479. The summed E-state index contributed by atoms with van der Waals surface area (Å²) in [6.45, 7) is 5.03. The number of hydrogen-bond donors (Lipinski definition) is 1. The second-order valence-corrected chi connectivity index (χ2v) is 8.94. The minimum Gasteiger partial charge on any atom is -0.411 e. The zero-order chi connectivity index (χ0) is 14.7. The SMILES string of the molecule is C[C@@]12CCCC[C@H]1CC[C@H]1[C@H]3CC/C(=N/O)[C@]3(C)CC[C@@H]12. The molecule has 0 spiro atoms. The Labute approximate surface area is 129 Å². The lowest BCUT2D eigenvalue weighted by Gasteiger charge is -2.59. The Morgan fingerprint density at radius 2 is 1.81 bits per heavy atom. The van der Waals surface area contributed by atoms with E-state index in [9.17, 15) is 5.21 Å². The van der Waals surface area contributed by atoms with Gasteiger partial charge >= 0.3 is 0 Å². The van der Waals surface area contributed by atoms with E-state index in [1.54, 1.807) is 0 Å². The molecule has 4 saturated carbocycles. The van der Waals surface area contributed by atoms with Crippen molar-refractivity contribution in [3.63, 3.8) is 0 Å². The molecular weight excluding hydrogens is 258 g/mol. The molecule has 4 fully saturated rings. The molecule has 6 atom stereocenters. The summed E-state index contributed by atoms with van der Waals surface area (Å²) in [7, 11) is 0. The first-order valence-corrected chi connectivity index (χ1v) is 9.31. The lowest BCUT2D eigenvalue weighted by Crippen LogP contribution is -2.52. The van der Waals surface area contributed by atoms with Gasteiger partial charge in [-0.3, -0.25) is 0 Å². The van der Waals surface area contributed by atoms with Crippen molar-refractivity contribution in [3.05, 3.63) is 0 Å². The summed E-state index contributed by atoms with van der Waals surface area (Å²) in [5.74, 6) is 3.65. The van der Waals surface area contributed by atoms with Crippen molar-refractivity contribution in [2.45, 2.75) is 78.1 Å². The molecule has 0 aromatic carbocycles. The van der Waals surface area contributed by atoms with Crippen LogP contribution >= 0.6 is 0 Å². The van der Waals surface area contributed by atoms with Gasteiger partial charge in [0, 0.05) is 5.41 Å². The number of hydrogen-bond acceptors (Lipinski definition) is 2. The predicted molar refractivity (Wildman–Crippen MR) is 85.6 cm³/mol. The van der Waals surface area contributed by atoms with E-state index < -0.39 is 0 Å². The highest BCUT2D eigenvalue weighted by atomic mass is 16.4. The minimum atomic E-state index is 0.216. The lowest BCUT2D eigenvalue weighted by molar-refractivity contribution is -0.0938. The Balaban J connectivity index is 1.66. The first kappa shape index (κ1) is 14.1. The Morgan fingerprint density at radius 1 is 0.952 bits per heavy atom. The second kappa shape index (κ2) is 4.73. The highest BCUT2D eigenvalue weighted by molar-refractivity contribution is 5.91. The van der Waals surface area contributed by atoms with Crippen molar-refractivity contribution in [1.29, 1.82) is 0 Å². The van der Waals surface area contributed by atoms with Crippen molar-refractivity contribution in [2.24, 2.45) is 39.7 Å². The molecule has 4 aliphatic carbocycles. The van der Waals surface area contributed by atoms with Gasteiger partial charge in [0.1, 0.15) is 0 Å². The Bertz CT molecular complexity index is 458. The summed E-state index contributed by atoms with van der Waals surface area (Å²) in [4.78, 5) is 0. The van der Waals surface area contributed by atoms with Gasteiger partial charge < -0.3 is 5.21 Å². The van der Waals surface area contributed by atoms with Gasteiger partial charge in [-0.15, -0.1) is 0 Å². The molecule has 0 aromatic rings. The standard InChI is InChI=1S/C19H31NO/c1-18-11-4-3-5-13(18)6-7-14-15-8-9-17(20-21)19(15,2)12-10-16(14)18/h13-16,21H,3-12H2,1-2H3/b20-17-/t13-,14-,15+,16-,18+,19+/m0/s1. The Hall–Kier alpha value is -0.530. The summed E-state index contributed by atoms with van der Waals surface area (Å²) in [5, 5.41) is 13.1. The van der Waals surface area contributed by atoms with Crippen LogP contribution in [0.3, 0.4) is 0 Å². The summed E-state index contributed by atoms with van der Waals surface area (Å²) in [6, 6.07) is 0. The van der Waals surface area contributed by atoms with Crippen molar-refractivity contribution in [2.75, 3.05) is 0 Å². The molecule has 0 saturated heterocycles. The third kappa shape index (κ3) is 1.80. The number of oxime groups is 1. The van der Waals surface area contributed by atoms with Crippen molar-refractivity contribution < 1.29 is 5.21 Å². The van der Waals surface area contributed by atoms with Gasteiger partial charge in [-0.05, 0) is 80.5 Å². The number of nitrogens with zero attached hydrogens (tertiary/aromatic N) is 1. The molecule has 0 aliphatic heterocycles. The van der Waals surface area contributed by atoms with Gasteiger partial charge in [0.15, 0.2) is 0 Å². The van der Waals surface area contributed by atoms with Crippen molar-refractivity contribution in [3.8, 4) is 0 Å². The molecule has 1 N–H and O–H groups in total. The van der Waals surface area contributed by atoms with E-state index in [0.29, 0.717) is 5.41 Å². The fraction of sp³-hybridized carbons (Fsp3) is 0.947. The smallest absolute Gasteiger partial charge is 0.0632 e. The highest BCUT2D eigenvalue weighted by Crippen LogP contribution is 2.65. The first-order chi connectivity index (χ1) is 10.1. The zero-order valence-corrected chi connectivity index (χ0v) is 13.8. The van der Waals surface area contributed by atoms with Crippen molar-refractivity contribution >= 4 is 5.71 Å². The molecular formula is C19H31NO. The molecule has 0 radical (unpaired) electrons. The number of fused-ring (bicyclic) bond motifs is 5. The molecule has 21 heavy (non-hydrogen) atoms. The Morgan fingerprint density at radius 3 is 2.62 bits per heavy atom. The third-order valence-electron chi connectivity index (χ3n) is 8.44. The van der Waals surface area contributed by atoms with E-state index in [1.807, 2.05) is 0 Å². The fourth-order valence-corrected chi connectivity index (χ4v) is 7.25. The molecule has 0 heterocycles. The normalized spacial score (nSPS) is 54.9. The molecule has 0 unspecified atom stereocenters. The number of rotatable bonds is 0. The van der Waals surface area contributed by atoms with E-state index in [4.69, 9.17) is 0 Å². The molecule has 118 valence electrons. The molecule has 0 amide bonds. The van der Waals surface area contributed by atoms with Gasteiger partial charge in [0.2, 0.25) is 0 Å². The maximum absolute atomic E-state index is 9.39. The molecule has 4 aliphatic rings. The van der Waals surface area contributed by atoms with Crippen LogP contribution in [0.15, 0.2) is 5.16 Å². The molecule has 2 nitrogen and oxygen atoms in total. The van der Waals surface area contributed by atoms with E-state index in [0.717, 1.165) is 35.8 Å². The van der Waals surface area contributed by atoms with Crippen LogP contribution in [0.25, 0.3) is 0 Å². The van der Waals surface area contributed by atoms with Crippen LogP contribution in [0.2, 0.25) is 0 Å². The zero-order valence-electron chi connectivity index (χ0n) is 13.8. The molecule has 0 aromatic heterocycles. The second-order valence-electron chi connectivity index (χ2n) is 8.94. The van der Waals surface area contributed by atoms with Crippen LogP contribution in [-0.4, -0.2) is 10.9 Å². The van der Waals surface area contributed by atoms with Crippen LogP contribution in [0.5, 0.6) is 0 Å². The predicted octanol–water partition coefficient (Wildman–Crippen LogP) is 5.25. The summed E-state index contributed by atoms with van der Waals surface area (Å²) >= 11 is 0. The third-order valence-corrected chi connectivity index (χ3v) is 8.44. The largest absolute Gasteiger partial charge is 0.411 e. The van der Waals surface area contributed by atoms with Crippen LogP contribution in [0, 0.1) is 34.5 Å². The van der Waals surface area contributed by atoms with E-state index >= 15 is 0 Å². The van der Waals surface area contributed by atoms with E-state index in [2.05, 4.69) is 19.0 Å². The maximum Gasteiger partial charge on any atom is 0.0632 e. The average Bonchev–Trinajstić information content (AvgIpc) is 2.83. The van der Waals surface area contributed by atoms with Crippen LogP contribution in [0.4, 0.5) is 0 Å². The Kier molecular flexibility index (Phi) is 3.17. The van der Waals surface area contributed by atoms with E-state index in [-0.39, 0.29) is 5.41 Å². The minimum absolute atomic E-state index is 0.216. The monoisotopic (exact) mass is 289 g/mol. The molecule has 4 rings (SSSR count). The fourth-order valence-electron chi connectivity index (χ4n) is 7.25. The van der Waals surface area contributed by atoms with Gasteiger partial charge in [-0.2, -0.15) is 0 Å². The van der Waals surface area contributed by atoms with E-state index in [1.165, 1.54) is 57.8 Å². The van der Waals surface area contributed by atoms with Gasteiger partial charge in [0.25, 0.3) is 0 Å². The topological polar surface area (TPSA) is 32.6 Å². The van der Waals surface area contributed by atoms with Gasteiger partial charge in [-0.1, -0.05) is 31.8 Å². The molecule has 0 bridgehead atoms. The average molecular weight is 289 g/mol. The van der Waals surface area contributed by atoms with Gasteiger partial charge in [-0.25, -0.2) is 0 Å². The molecule has 2 heteroatoms. The summed E-state index contributed by atoms with van der Waals surface area (Å²) < 4.78 is 0. The lowest BCUT2D eigenvalue weighted by atomic mass is 9.45. The first-order valence-electron chi connectivity index (χ1n) is 9.31. The van der Waals surface area contributed by atoms with Gasteiger partial charge in [0.05, 0.1) is 5.71 Å². The van der Waals surface area contributed by atoms with Crippen LogP contribution in [-0.2, 0) is 0 Å². The maximum atomic E-state index is 9.39. The summed E-state index contributed by atoms with van der Waals surface area (Å²) in [6.07, 6.45) is 13.8. The highest BCUT2D eigenvalue weighted by Gasteiger charge is 2.59.